The normalized spacial score (nSPS) is 19.4. The fourth-order valence-corrected chi connectivity index (χ4v) is 3.45. The number of aromatic hydroxyl groups is 1. The van der Waals surface area contributed by atoms with Gasteiger partial charge in [0.2, 0.25) is 0 Å². The average molecular weight is 383 g/mol. The molecule has 3 rings (SSSR count). The van der Waals surface area contributed by atoms with Gasteiger partial charge >= 0.3 is 0 Å². The van der Waals surface area contributed by atoms with Crippen molar-refractivity contribution >= 4 is 5.71 Å². The number of nitrogens with one attached hydrogen (secondary N) is 1. The molecule has 2 N–H and O–H groups in total. The Morgan fingerprint density at radius 2 is 1.79 bits per heavy atom. The Labute approximate surface area is 167 Å². The molecule has 0 radical (unpaired) electrons. The van der Waals surface area contributed by atoms with E-state index in [1.165, 1.54) is 0 Å². The van der Waals surface area contributed by atoms with Crippen LogP contribution in [0.2, 0.25) is 0 Å². The Morgan fingerprint density at radius 3 is 2.43 bits per heavy atom. The van der Waals surface area contributed by atoms with Crippen LogP contribution in [-0.4, -0.2) is 30.2 Å². The molecule has 0 saturated carbocycles. The number of hydrogen-bond acceptors (Lipinski definition) is 5. The van der Waals surface area contributed by atoms with Gasteiger partial charge in [-0.25, -0.2) is 0 Å². The summed E-state index contributed by atoms with van der Waals surface area (Å²) in [5.41, 5.74) is 2.96. The van der Waals surface area contributed by atoms with E-state index in [1.807, 2.05) is 38.1 Å². The summed E-state index contributed by atoms with van der Waals surface area (Å²) in [6.07, 6.45) is 0.677. The van der Waals surface area contributed by atoms with Crippen LogP contribution in [0.3, 0.4) is 0 Å². The average Bonchev–Trinajstić information content (AvgIpc) is 2.70. The largest absolute Gasteiger partial charge is 0.504 e. The van der Waals surface area contributed by atoms with E-state index in [0.29, 0.717) is 31.3 Å². The Kier molecular flexibility index (Phi) is 6.57. The van der Waals surface area contributed by atoms with Crippen LogP contribution in [0, 0.1) is 5.92 Å². The lowest BCUT2D eigenvalue weighted by Gasteiger charge is -2.32. The van der Waals surface area contributed by atoms with Gasteiger partial charge in [0.25, 0.3) is 0 Å². The third-order valence-corrected chi connectivity index (χ3v) is 4.90. The number of benzene rings is 2. The minimum absolute atomic E-state index is 0.0181. The molecule has 0 saturated heterocycles. The fraction of sp³-hybridized carbons (Fsp3) is 0.435. The van der Waals surface area contributed by atoms with E-state index in [9.17, 15) is 5.11 Å². The molecule has 150 valence electrons. The summed E-state index contributed by atoms with van der Waals surface area (Å²) in [6.45, 7) is 9.35. The molecular weight excluding hydrogens is 352 g/mol. The summed E-state index contributed by atoms with van der Waals surface area (Å²) in [5.74, 6) is 1.92. The summed E-state index contributed by atoms with van der Waals surface area (Å²) >= 11 is 0. The predicted octanol–water partition coefficient (Wildman–Crippen LogP) is 4.70. The summed E-state index contributed by atoms with van der Waals surface area (Å²) in [4.78, 5) is 4.94. The van der Waals surface area contributed by atoms with Crippen molar-refractivity contribution in [3.8, 4) is 17.2 Å². The van der Waals surface area contributed by atoms with Crippen molar-refractivity contribution in [1.29, 1.82) is 0 Å². The van der Waals surface area contributed by atoms with Gasteiger partial charge < -0.3 is 14.6 Å². The second kappa shape index (κ2) is 9.11. The van der Waals surface area contributed by atoms with E-state index in [1.54, 1.807) is 6.07 Å². The van der Waals surface area contributed by atoms with E-state index < -0.39 is 0 Å². The molecule has 1 aliphatic rings. The van der Waals surface area contributed by atoms with Gasteiger partial charge in [0, 0.05) is 23.7 Å². The highest BCUT2D eigenvalue weighted by Gasteiger charge is 2.29. The molecule has 1 aliphatic heterocycles. The van der Waals surface area contributed by atoms with Crippen LogP contribution in [0.5, 0.6) is 17.2 Å². The molecule has 2 atom stereocenters. The molecule has 2 aromatic rings. The van der Waals surface area contributed by atoms with Gasteiger partial charge in [-0.15, -0.1) is 0 Å². The first-order chi connectivity index (χ1) is 13.5. The molecule has 0 spiro atoms. The fourth-order valence-electron chi connectivity index (χ4n) is 3.45. The predicted molar refractivity (Wildman–Crippen MR) is 113 cm³/mol. The van der Waals surface area contributed by atoms with Crippen molar-refractivity contribution in [2.75, 3.05) is 13.2 Å². The zero-order valence-electron chi connectivity index (χ0n) is 17.1. The number of rotatable bonds is 7. The molecular formula is C23H30N2O3. The van der Waals surface area contributed by atoms with Gasteiger partial charge in [-0.2, -0.15) is 0 Å². The molecule has 0 bridgehead atoms. The summed E-state index contributed by atoms with van der Waals surface area (Å²) < 4.78 is 11.1. The molecule has 28 heavy (non-hydrogen) atoms. The summed E-state index contributed by atoms with van der Waals surface area (Å²) in [6, 6.07) is 13.7. The molecule has 5 heteroatoms. The molecule has 0 aliphatic carbocycles. The second-order valence-corrected chi connectivity index (χ2v) is 7.27. The molecule has 0 aromatic heterocycles. The Hall–Kier alpha value is -2.53. The number of hydrogen-bond donors (Lipinski definition) is 2. The number of ether oxygens (including phenoxy) is 2. The molecule has 0 fully saturated rings. The first-order valence-electron chi connectivity index (χ1n) is 10.0. The lowest BCUT2D eigenvalue weighted by Crippen LogP contribution is -2.41. The van der Waals surface area contributed by atoms with E-state index in [-0.39, 0.29) is 18.0 Å². The van der Waals surface area contributed by atoms with Crippen molar-refractivity contribution in [2.45, 2.75) is 46.3 Å². The third-order valence-electron chi connectivity index (χ3n) is 4.90. The van der Waals surface area contributed by atoms with E-state index >= 15 is 0 Å². The molecule has 1 heterocycles. The maximum Gasteiger partial charge on any atom is 0.162 e. The first-order valence-corrected chi connectivity index (χ1v) is 10.0. The van der Waals surface area contributed by atoms with Gasteiger partial charge in [0.05, 0.1) is 13.2 Å². The number of phenols is 1. The lowest BCUT2D eigenvalue weighted by molar-refractivity contribution is 0.309. The standard InChI is InChI=1S/C23H30N2O3/c1-5-27-17-12-10-16(11-13-17)19-14-20(25-23(24-19)15(3)4)18-8-7-9-21(22(18)26)28-6-2/h7-13,15,20,23,25-26H,5-6,14H2,1-4H3/t20-,23-/m1/s1. The van der Waals surface area contributed by atoms with Gasteiger partial charge in [0.1, 0.15) is 11.9 Å². The Morgan fingerprint density at radius 1 is 1.07 bits per heavy atom. The van der Waals surface area contributed by atoms with Crippen LogP contribution in [0.4, 0.5) is 0 Å². The molecule has 5 nitrogen and oxygen atoms in total. The van der Waals surface area contributed by atoms with Crippen LogP contribution in [0.25, 0.3) is 0 Å². The summed E-state index contributed by atoms with van der Waals surface area (Å²) in [7, 11) is 0. The zero-order chi connectivity index (χ0) is 20.1. The third kappa shape index (κ3) is 4.47. The van der Waals surface area contributed by atoms with Crippen LogP contribution < -0.4 is 14.8 Å². The summed E-state index contributed by atoms with van der Waals surface area (Å²) in [5, 5.41) is 14.3. The van der Waals surface area contributed by atoms with Gasteiger partial charge in [0.15, 0.2) is 11.5 Å². The smallest absolute Gasteiger partial charge is 0.162 e. The number of nitrogens with zero attached hydrogens (tertiary/aromatic N) is 1. The van der Waals surface area contributed by atoms with E-state index in [2.05, 4.69) is 31.3 Å². The van der Waals surface area contributed by atoms with E-state index in [0.717, 1.165) is 22.6 Å². The molecule has 0 unspecified atom stereocenters. The second-order valence-electron chi connectivity index (χ2n) is 7.27. The maximum absolute atomic E-state index is 10.7. The Bertz CT molecular complexity index is 815. The van der Waals surface area contributed by atoms with Crippen LogP contribution in [0.1, 0.15) is 51.3 Å². The highest BCUT2D eigenvalue weighted by atomic mass is 16.5. The first kappa shape index (κ1) is 20.2. The maximum atomic E-state index is 10.7. The Balaban J connectivity index is 1.91. The number of para-hydroxylation sites is 1. The van der Waals surface area contributed by atoms with Crippen LogP contribution in [-0.2, 0) is 0 Å². The van der Waals surface area contributed by atoms with Crippen LogP contribution >= 0.6 is 0 Å². The van der Waals surface area contributed by atoms with Crippen molar-refractivity contribution in [3.63, 3.8) is 0 Å². The van der Waals surface area contributed by atoms with E-state index in [4.69, 9.17) is 14.5 Å². The SMILES string of the molecule is CCOc1ccc(C2=N[C@@H](C(C)C)N[C@@H](c3cccc(OCC)c3O)C2)cc1. The van der Waals surface area contributed by atoms with Gasteiger partial charge in [-0.3, -0.25) is 10.3 Å². The van der Waals surface area contributed by atoms with Crippen LogP contribution in [0.15, 0.2) is 47.5 Å². The number of phenolic OH excluding ortho intramolecular Hbond substituents is 1. The van der Waals surface area contributed by atoms with Crippen molar-refractivity contribution in [3.05, 3.63) is 53.6 Å². The van der Waals surface area contributed by atoms with Crippen molar-refractivity contribution in [1.82, 2.24) is 5.32 Å². The molecule has 0 amide bonds. The highest BCUT2D eigenvalue weighted by molar-refractivity contribution is 6.01. The van der Waals surface area contributed by atoms with Crippen molar-refractivity contribution in [2.24, 2.45) is 10.9 Å². The molecule has 2 aromatic carbocycles. The number of aliphatic imine (C=N–C) groups is 1. The topological polar surface area (TPSA) is 63.1 Å². The monoisotopic (exact) mass is 382 g/mol. The van der Waals surface area contributed by atoms with Crippen molar-refractivity contribution < 1.29 is 14.6 Å². The quantitative estimate of drug-likeness (QED) is 0.729. The minimum Gasteiger partial charge on any atom is -0.504 e. The zero-order valence-corrected chi connectivity index (χ0v) is 17.1. The van der Waals surface area contributed by atoms with Gasteiger partial charge in [-0.05, 0) is 55.7 Å². The van der Waals surface area contributed by atoms with Gasteiger partial charge in [-0.1, -0.05) is 26.0 Å². The minimum atomic E-state index is -0.0353. The lowest BCUT2D eigenvalue weighted by atomic mass is 9.92. The highest BCUT2D eigenvalue weighted by Crippen LogP contribution is 2.37.